The first-order valence-corrected chi connectivity index (χ1v) is 10.3. The monoisotopic (exact) mass is 444 g/mol. The fraction of sp³-hybridized carbons (Fsp3) is 0.478. The molecule has 1 aromatic rings. The Morgan fingerprint density at radius 3 is 2.19 bits per heavy atom. The third kappa shape index (κ3) is 8.68. The lowest BCUT2D eigenvalue weighted by molar-refractivity contribution is -0.139. The molecule has 0 aliphatic carbocycles. The Balaban J connectivity index is 3.30. The van der Waals surface area contributed by atoms with Crippen LogP contribution in [0, 0.1) is 12.5 Å². The van der Waals surface area contributed by atoms with Crippen LogP contribution < -0.4 is 16.4 Å². The van der Waals surface area contributed by atoms with Crippen molar-refractivity contribution in [2.75, 3.05) is 0 Å². The van der Waals surface area contributed by atoms with Crippen molar-refractivity contribution in [3.05, 3.63) is 35.9 Å². The van der Waals surface area contributed by atoms with Crippen molar-refractivity contribution in [2.45, 2.75) is 71.2 Å². The van der Waals surface area contributed by atoms with Crippen molar-refractivity contribution in [1.29, 1.82) is 0 Å². The zero-order valence-corrected chi connectivity index (χ0v) is 19.2. The van der Waals surface area contributed by atoms with Gasteiger partial charge in [0.1, 0.15) is 17.7 Å². The van der Waals surface area contributed by atoms with Crippen molar-refractivity contribution in [3.63, 3.8) is 0 Å². The second kappa shape index (κ2) is 11.7. The van der Waals surface area contributed by atoms with E-state index in [0.717, 1.165) is 4.90 Å². The minimum Gasteiger partial charge on any atom is -0.444 e. The standard InChI is InChI=1S/C23H32N4O5/c1-7-27(19(20(29)25-15(2)3)16-11-9-8-10-12-16)21(30)17(13-14-18(24)28)26-22(31)32-23(4,5)6/h1,8-12,15,17,19H,13-14H2,2-6H3,(H2,24,28)(H,25,29)(H,26,31). The average molecular weight is 445 g/mol. The van der Waals surface area contributed by atoms with Gasteiger partial charge >= 0.3 is 6.09 Å². The molecule has 0 spiro atoms. The van der Waals surface area contributed by atoms with Gasteiger partial charge in [-0.1, -0.05) is 36.8 Å². The first-order chi connectivity index (χ1) is 14.9. The predicted molar refractivity (Wildman–Crippen MR) is 120 cm³/mol. The number of amides is 4. The summed E-state index contributed by atoms with van der Waals surface area (Å²) < 4.78 is 5.22. The summed E-state index contributed by atoms with van der Waals surface area (Å²) in [6.45, 7) is 8.57. The number of hydrogen-bond acceptors (Lipinski definition) is 5. The maximum Gasteiger partial charge on any atom is 0.408 e. The van der Waals surface area contributed by atoms with Crippen LogP contribution in [0.2, 0.25) is 0 Å². The van der Waals surface area contributed by atoms with E-state index in [1.165, 1.54) is 0 Å². The highest BCUT2D eigenvalue weighted by atomic mass is 16.6. The zero-order chi connectivity index (χ0) is 24.5. The molecule has 1 rings (SSSR count). The van der Waals surface area contributed by atoms with E-state index in [0.29, 0.717) is 5.56 Å². The van der Waals surface area contributed by atoms with Gasteiger partial charge in [-0.25, -0.2) is 4.79 Å². The average Bonchev–Trinajstić information content (AvgIpc) is 2.67. The van der Waals surface area contributed by atoms with Crippen molar-refractivity contribution >= 4 is 23.8 Å². The lowest BCUT2D eigenvalue weighted by Crippen LogP contribution is -2.52. The molecule has 174 valence electrons. The highest BCUT2D eigenvalue weighted by molar-refractivity contribution is 5.93. The molecule has 0 fully saturated rings. The predicted octanol–water partition coefficient (Wildman–Crippen LogP) is 1.83. The molecule has 0 heterocycles. The highest BCUT2D eigenvalue weighted by Gasteiger charge is 2.36. The van der Waals surface area contributed by atoms with E-state index in [9.17, 15) is 19.2 Å². The van der Waals surface area contributed by atoms with Crippen LogP contribution in [0.4, 0.5) is 4.79 Å². The minimum absolute atomic E-state index is 0.112. The molecular weight excluding hydrogens is 412 g/mol. The number of alkyl carbamates (subject to hydrolysis) is 1. The molecule has 0 saturated carbocycles. The Morgan fingerprint density at radius 1 is 1.12 bits per heavy atom. The summed E-state index contributed by atoms with van der Waals surface area (Å²) in [4.78, 5) is 50.9. The van der Waals surface area contributed by atoms with Gasteiger partial charge in [-0.2, -0.15) is 0 Å². The minimum atomic E-state index is -1.23. The third-order valence-electron chi connectivity index (χ3n) is 4.10. The van der Waals surface area contributed by atoms with Crippen molar-refractivity contribution in [3.8, 4) is 12.5 Å². The molecule has 4 amide bonds. The number of terminal acetylenes is 1. The smallest absolute Gasteiger partial charge is 0.408 e. The van der Waals surface area contributed by atoms with Gasteiger partial charge in [0.25, 0.3) is 5.91 Å². The fourth-order valence-electron chi connectivity index (χ4n) is 2.84. The third-order valence-corrected chi connectivity index (χ3v) is 4.10. The summed E-state index contributed by atoms with van der Waals surface area (Å²) in [6, 6.07) is 8.22. The van der Waals surface area contributed by atoms with Crippen molar-refractivity contribution < 1.29 is 23.9 Å². The van der Waals surface area contributed by atoms with Gasteiger partial charge in [-0.3, -0.25) is 19.3 Å². The fourth-order valence-corrected chi connectivity index (χ4v) is 2.84. The van der Waals surface area contributed by atoms with Crippen molar-refractivity contribution in [2.24, 2.45) is 5.73 Å². The lowest BCUT2D eigenvalue weighted by Gasteiger charge is -2.30. The molecule has 0 radical (unpaired) electrons. The Kier molecular flexibility index (Phi) is 9.72. The maximum absolute atomic E-state index is 13.4. The van der Waals surface area contributed by atoms with Crippen molar-refractivity contribution in [1.82, 2.24) is 15.5 Å². The maximum atomic E-state index is 13.4. The molecular formula is C23H32N4O5. The summed E-state index contributed by atoms with van der Waals surface area (Å²) in [7, 11) is 0. The summed E-state index contributed by atoms with van der Waals surface area (Å²) in [6.07, 6.45) is 4.49. The van der Waals surface area contributed by atoms with Gasteiger partial charge in [-0.05, 0) is 46.6 Å². The molecule has 9 heteroatoms. The molecule has 0 aromatic heterocycles. The Morgan fingerprint density at radius 2 is 1.72 bits per heavy atom. The molecule has 0 bridgehead atoms. The molecule has 0 saturated heterocycles. The second-order valence-electron chi connectivity index (χ2n) is 8.52. The topological polar surface area (TPSA) is 131 Å². The molecule has 32 heavy (non-hydrogen) atoms. The van der Waals surface area contributed by atoms with Crippen LogP contribution >= 0.6 is 0 Å². The number of rotatable bonds is 9. The normalized spacial score (nSPS) is 12.8. The van der Waals surface area contributed by atoms with Gasteiger partial charge in [0.05, 0.1) is 0 Å². The summed E-state index contributed by atoms with van der Waals surface area (Å²) in [5.74, 6) is -1.88. The van der Waals surface area contributed by atoms with E-state index in [-0.39, 0.29) is 18.9 Å². The lowest BCUT2D eigenvalue weighted by atomic mass is 10.0. The van der Waals surface area contributed by atoms with E-state index in [1.807, 2.05) is 0 Å². The van der Waals surface area contributed by atoms with E-state index in [4.69, 9.17) is 16.9 Å². The van der Waals surface area contributed by atoms with E-state index in [1.54, 1.807) is 65.0 Å². The molecule has 0 aliphatic heterocycles. The number of ether oxygens (including phenoxy) is 1. The van der Waals surface area contributed by atoms with E-state index < -0.39 is 41.5 Å². The number of carbonyl (C=O) groups excluding carboxylic acids is 4. The number of nitrogens with one attached hydrogen (secondary N) is 2. The second-order valence-corrected chi connectivity index (χ2v) is 8.52. The van der Waals surface area contributed by atoms with E-state index in [2.05, 4.69) is 16.7 Å². The molecule has 2 unspecified atom stereocenters. The van der Waals surface area contributed by atoms with Crippen LogP contribution in [0.15, 0.2) is 30.3 Å². The Labute approximate surface area is 189 Å². The summed E-state index contributed by atoms with van der Waals surface area (Å²) in [5, 5.41) is 5.20. The number of carbonyl (C=O) groups is 4. The number of hydrogen-bond donors (Lipinski definition) is 3. The van der Waals surface area contributed by atoms with Gasteiger partial charge in [0.15, 0.2) is 0 Å². The van der Waals surface area contributed by atoms with Gasteiger partial charge in [-0.15, -0.1) is 0 Å². The van der Waals surface area contributed by atoms with Gasteiger partial charge in [0, 0.05) is 18.5 Å². The molecule has 1 aromatic carbocycles. The Hall–Kier alpha value is -3.54. The van der Waals surface area contributed by atoms with Crippen LogP contribution in [-0.4, -0.2) is 46.4 Å². The number of primary amides is 1. The first-order valence-electron chi connectivity index (χ1n) is 10.3. The van der Waals surface area contributed by atoms with Crippen LogP contribution in [-0.2, 0) is 19.1 Å². The van der Waals surface area contributed by atoms with Gasteiger partial charge in [0.2, 0.25) is 11.8 Å². The molecule has 4 N–H and O–H groups in total. The van der Waals surface area contributed by atoms with Gasteiger partial charge < -0.3 is 21.1 Å². The first kappa shape index (κ1) is 26.5. The number of nitrogens with two attached hydrogens (primary N) is 1. The largest absolute Gasteiger partial charge is 0.444 e. The highest BCUT2D eigenvalue weighted by Crippen LogP contribution is 2.22. The number of nitrogens with zero attached hydrogens (tertiary/aromatic N) is 1. The van der Waals surface area contributed by atoms with Crippen LogP contribution in [0.5, 0.6) is 0 Å². The molecule has 2 atom stereocenters. The summed E-state index contributed by atoms with van der Waals surface area (Å²) >= 11 is 0. The number of benzene rings is 1. The zero-order valence-electron chi connectivity index (χ0n) is 19.2. The summed E-state index contributed by atoms with van der Waals surface area (Å²) in [5.41, 5.74) is 4.90. The van der Waals surface area contributed by atoms with E-state index >= 15 is 0 Å². The molecule has 9 nitrogen and oxygen atoms in total. The van der Waals surface area contributed by atoms with Crippen LogP contribution in [0.1, 0.15) is 59.1 Å². The SMILES string of the molecule is C#CN(C(=O)C(CCC(N)=O)NC(=O)OC(C)(C)C)C(C(=O)NC(C)C)c1ccccc1. The Bertz CT molecular complexity index is 855. The molecule has 0 aliphatic rings. The van der Waals surface area contributed by atoms with Crippen LogP contribution in [0.25, 0.3) is 0 Å². The quantitative estimate of drug-likeness (QED) is 0.395. The van der Waals surface area contributed by atoms with Crippen LogP contribution in [0.3, 0.4) is 0 Å².